The number of nitrogens with zero attached hydrogens (tertiary/aromatic N) is 5. The first kappa shape index (κ1) is 16.0. The number of rotatable bonds is 4. The van der Waals surface area contributed by atoms with Crippen molar-refractivity contribution < 1.29 is 14.0 Å². The van der Waals surface area contributed by atoms with Gasteiger partial charge in [0.1, 0.15) is 11.3 Å². The van der Waals surface area contributed by atoms with Gasteiger partial charge in [-0.1, -0.05) is 23.4 Å². The maximum absolute atomic E-state index is 12.6. The van der Waals surface area contributed by atoms with Gasteiger partial charge in [-0.25, -0.2) is 4.68 Å². The number of hydrogen-bond donors (Lipinski definition) is 0. The number of carbonyl (C=O) groups excluding carboxylic acids is 2. The van der Waals surface area contributed by atoms with Crippen LogP contribution in [-0.4, -0.2) is 56.2 Å². The molecular weight excluding hydrogens is 346 g/mol. The molecule has 2 saturated heterocycles. The van der Waals surface area contributed by atoms with E-state index in [0.29, 0.717) is 31.8 Å². The van der Waals surface area contributed by atoms with Crippen LogP contribution in [-0.2, 0) is 11.3 Å². The molecule has 0 bridgehead atoms. The zero-order valence-corrected chi connectivity index (χ0v) is 14.7. The van der Waals surface area contributed by atoms with E-state index in [-0.39, 0.29) is 17.9 Å². The highest BCUT2D eigenvalue weighted by atomic mass is 16.3. The molecule has 138 valence electrons. The maximum Gasteiger partial charge on any atom is 0.289 e. The van der Waals surface area contributed by atoms with Crippen molar-refractivity contribution in [2.45, 2.75) is 25.4 Å². The Labute approximate surface area is 155 Å². The summed E-state index contributed by atoms with van der Waals surface area (Å²) in [5.74, 6) is 0.433. The summed E-state index contributed by atoms with van der Waals surface area (Å²) in [6, 6.07) is 9.48. The van der Waals surface area contributed by atoms with Gasteiger partial charge in [0.2, 0.25) is 5.91 Å². The molecule has 27 heavy (non-hydrogen) atoms. The molecule has 2 amide bonds. The third-order valence-electron chi connectivity index (χ3n) is 5.24. The topological polar surface area (TPSA) is 84.5 Å². The van der Waals surface area contributed by atoms with Crippen molar-refractivity contribution >= 4 is 22.8 Å². The number of aromatic nitrogens is 3. The van der Waals surface area contributed by atoms with Crippen molar-refractivity contribution in [1.29, 1.82) is 0 Å². The molecule has 4 heterocycles. The predicted octanol–water partition coefficient (Wildman–Crippen LogP) is 1.84. The van der Waals surface area contributed by atoms with Gasteiger partial charge in [0, 0.05) is 31.4 Å². The Bertz CT molecular complexity index is 984. The van der Waals surface area contributed by atoms with Crippen LogP contribution < -0.4 is 0 Å². The highest BCUT2D eigenvalue weighted by Gasteiger charge is 2.35. The smallest absolute Gasteiger partial charge is 0.289 e. The molecule has 0 spiro atoms. The number of fused-ring (bicyclic) bond motifs is 1. The van der Waals surface area contributed by atoms with Crippen LogP contribution in [0.2, 0.25) is 0 Å². The summed E-state index contributed by atoms with van der Waals surface area (Å²) in [7, 11) is 0. The fourth-order valence-corrected chi connectivity index (χ4v) is 3.66. The summed E-state index contributed by atoms with van der Waals surface area (Å²) in [4.78, 5) is 27.9. The number of furan rings is 1. The van der Waals surface area contributed by atoms with Gasteiger partial charge in [-0.2, -0.15) is 0 Å². The second-order valence-electron chi connectivity index (χ2n) is 7.12. The van der Waals surface area contributed by atoms with E-state index < -0.39 is 0 Å². The van der Waals surface area contributed by atoms with Gasteiger partial charge in [0.05, 0.1) is 18.8 Å². The number of hydrogen-bond acceptors (Lipinski definition) is 5. The first-order valence-electron chi connectivity index (χ1n) is 9.14. The van der Waals surface area contributed by atoms with Gasteiger partial charge in [0.25, 0.3) is 5.91 Å². The lowest BCUT2D eigenvalue weighted by molar-refractivity contribution is -0.128. The first-order chi connectivity index (χ1) is 13.2. The molecule has 0 aliphatic carbocycles. The highest BCUT2D eigenvalue weighted by Crippen LogP contribution is 2.26. The normalized spacial score (nSPS) is 17.7. The van der Waals surface area contributed by atoms with Gasteiger partial charge in [-0.15, -0.1) is 5.10 Å². The average Bonchev–Trinajstić information content (AvgIpc) is 3.34. The Morgan fingerprint density at radius 3 is 2.89 bits per heavy atom. The Kier molecular flexibility index (Phi) is 3.70. The predicted molar refractivity (Wildman–Crippen MR) is 95.8 cm³/mol. The minimum Gasteiger partial charge on any atom is -0.451 e. The summed E-state index contributed by atoms with van der Waals surface area (Å²) in [5, 5.41) is 9.27. The van der Waals surface area contributed by atoms with Crippen LogP contribution in [0.25, 0.3) is 11.0 Å². The lowest BCUT2D eigenvalue weighted by Gasteiger charge is -2.38. The SMILES string of the molecule is O=C1CCCN1Cc1cn(C2CN(C(=O)c3cc4ccccc4o3)C2)nn1. The largest absolute Gasteiger partial charge is 0.451 e. The van der Waals surface area contributed by atoms with E-state index in [2.05, 4.69) is 10.3 Å². The van der Waals surface area contributed by atoms with Crippen molar-refractivity contribution in [2.24, 2.45) is 0 Å². The lowest BCUT2D eigenvalue weighted by atomic mass is 10.1. The molecule has 2 aliphatic rings. The van der Waals surface area contributed by atoms with Crippen molar-refractivity contribution in [3.8, 4) is 0 Å². The van der Waals surface area contributed by atoms with Crippen molar-refractivity contribution in [3.63, 3.8) is 0 Å². The Morgan fingerprint density at radius 1 is 1.26 bits per heavy atom. The highest BCUT2D eigenvalue weighted by molar-refractivity contribution is 5.96. The maximum atomic E-state index is 12.6. The molecule has 1 aromatic carbocycles. The molecule has 0 radical (unpaired) electrons. The minimum absolute atomic E-state index is 0.105. The van der Waals surface area contributed by atoms with Gasteiger partial charge in [-0.05, 0) is 18.6 Å². The van der Waals surface area contributed by atoms with Crippen LogP contribution in [0.3, 0.4) is 0 Å². The van der Waals surface area contributed by atoms with E-state index in [0.717, 1.165) is 29.6 Å². The average molecular weight is 365 g/mol. The molecular formula is C19H19N5O3. The Hall–Kier alpha value is -3.16. The second kappa shape index (κ2) is 6.22. The molecule has 8 heteroatoms. The van der Waals surface area contributed by atoms with Crippen LogP contribution in [0.15, 0.2) is 40.9 Å². The Morgan fingerprint density at radius 2 is 2.11 bits per heavy atom. The number of benzene rings is 1. The van der Waals surface area contributed by atoms with Crippen molar-refractivity contribution in [2.75, 3.05) is 19.6 Å². The third kappa shape index (κ3) is 2.87. The summed E-state index contributed by atoms with van der Waals surface area (Å²) in [6.07, 6.45) is 3.41. The zero-order chi connectivity index (χ0) is 18.4. The number of para-hydroxylation sites is 1. The lowest BCUT2D eigenvalue weighted by Crippen LogP contribution is -2.50. The van der Waals surface area contributed by atoms with E-state index in [1.165, 1.54) is 0 Å². The van der Waals surface area contributed by atoms with Gasteiger partial charge in [-0.3, -0.25) is 9.59 Å². The quantitative estimate of drug-likeness (QED) is 0.704. The first-order valence-corrected chi connectivity index (χ1v) is 9.14. The number of carbonyl (C=O) groups is 2. The van der Waals surface area contributed by atoms with Gasteiger partial charge < -0.3 is 14.2 Å². The van der Waals surface area contributed by atoms with E-state index in [1.807, 2.05) is 35.4 Å². The molecule has 0 atom stereocenters. The molecule has 2 aliphatic heterocycles. The van der Waals surface area contributed by atoms with E-state index >= 15 is 0 Å². The minimum atomic E-state index is -0.106. The summed E-state index contributed by atoms with van der Waals surface area (Å²) in [6.45, 7) is 2.44. The molecule has 0 saturated carbocycles. The summed E-state index contributed by atoms with van der Waals surface area (Å²) < 4.78 is 7.44. The van der Waals surface area contributed by atoms with Gasteiger partial charge >= 0.3 is 0 Å². The Balaban J connectivity index is 1.21. The standard InChI is InChI=1S/C19H19N5O3/c25-18-6-3-7-22(18)9-14-10-24(21-20-14)15-11-23(12-15)19(26)17-8-13-4-1-2-5-16(13)27-17/h1-2,4-5,8,10,15H,3,6-7,9,11-12H2. The van der Waals surface area contributed by atoms with E-state index in [9.17, 15) is 9.59 Å². The fraction of sp³-hybridized carbons (Fsp3) is 0.368. The third-order valence-corrected chi connectivity index (χ3v) is 5.24. The molecule has 0 unspecified atom stereocenters. The summed E-state index contributed by atoms with van der Waals surface area (Å²) in [5.41, 5.74) is 1.50. The monoisotopic (exact) mass is 365 g/mol. The summed E-state index contributed by atoms with van der Waals surface area (Å²) >= 11 is 0. The van der Waals surface area contributed by atoms with Crippen molar-refractivity contribution in [3.05, 3.63) is 48.0 Å². The van der Waals surface area contributed by atoms with Crippen LogP contribution >= 0.6 is 0 Å². The number of amides is 2. The van der Waals surface area contributed by atoms with Crippen molar-refractivity contribution in [1.82, 2.24) is 24.8 Å². The second-order valence-corrected chi connectivity index (χ2v) is 7.12. The number of likely N-dealkylation sites (tertiary alicyclic amines) is 2. The molecule has 2 fully saturated rings. The molecule has 2 aromatic heterocycles. The fourth-order valence-electron chi connectivity index (χ4n) is 3.66. The van der Waals surface area contributed by atoms with E-state index in [1.54, 1.807) is 15.6 Å². The van der Waals surface area contributed by atoms with Crippen LogP contribution in [0.4, 0.5) is 0 Å². The van der Waals surface area contributed by atoms with E-state index in [4.69, 9.17) is 4.42 Å². The zero-order valence-electron chi connectivity index (χ0n) is 14.7. The van der Waals surface area contributed by atoms with Gasteiger partial charge in [0.15, 0.2) is 5.76 Å². The van der Waals surface area contributed by atoms with Crippen LogP contribution in [0.5, 0.6) is 0 Å². The van der Waals surface area contributed by atoms with Crippen LogP contribution in [0, 0.1) is 0 Å². The molecule has 3 aromatic rings. The molecule has 8 nitrogen and oxygen atoms in total. The molecule has 5 rings (SSSR count). The van der Waals surface area contributed by atoms with Crippen LogP contribution in [0.1, 0.15) is 35.1 Å². The molecule has 0 N–H and O–H groups in total.